The number of nitrogens with one attached hydrogen (secondary N) is 2. The summed E-state index contributed by atoms with van der Waals surface area (Å²) in [6, 6.07) is 0. The SMILES string of the molecule is CC[C@H]1O[C@@H](n2cnc3c(=O)[nH]c(NC(=O)C(C)C)nc32)[C@H](O[Si](C)(C)C(C)(C)C)[C@@H]1O. The van der Waals surface area contributed by atoms with E-state index in [1.54, 1.807) is 18.4 Å². The van der Waals surface area contributed by atoms with Crippen molar-refractivity contribution in [3.8, 4) is 0 Å². The molecule has 1 saturated heterocycles. The standard InChI is InChI=1S/C21H35N5O5Si/c1-9-12-14(27)15(31-32(7,8)21(4,5)6)19(30-12)26-10-22-13-16(26)23-20(25-18(13)29)24-17(28)11(2)3/h10-12,14-15,19,27H,9H2,1-8H3,(H2,23,24,25,28,29)/t12-,14-,15-,19-/m1/s1. The quantitative estimate of drug-likeness (QED) is 0.559. The first-order valence-electron chi connectivity index (χ1n) is 11.1. The van der Waals surface area contributed by atoms with Crippen LogP contribution in [0, 0.1) is 5.92 Å². The highest BCUT2D eigenvalue weighted by Gasteiger charge is 2.50. The minimum absolute atomic E-state index is 0.0374. The molecule has 0 radical (unpaired) electrons. The summed E-state index contributed by atoms with van der Waals surface area (Å²) in [5.74, 6) is -0.506. The molecule has 0 bridgehead atoms. The van der Waals surface area contributed by atoms with Gasteiger partial charge in [-0.1, -0.05) is 41.5 Å². The van der Waals surface area contributed by atoms with E-state index in [-0.39, 0.29) is 34.0 Å². The summed E-state index contributed by atoms with van der Waals surface area (Å²) in [4.78, 5) is 35.9. The lowest BCUT2D eigenvalue weighted by atomic mass is 10.1. The number of aromatic amines is 1. The molecule has 32 heavy (non-hydrogen) atoms. The first kappa shape index (κ1) is 24.6. The molecule has 1 fully saturated rings. The second-order valence-corrected chi connectivity index (χ2v) is 14.9. The number of aromatic nitrogens is 4. The molecule has 3 N–H and O–H groups in total. The number of aliphatic hydroxyl groups is 1. The smallest absolute Gasteiger partial charge is 0.280 e. The van der Waals surface area contributed by atoms with Gasteiger partial charge in [0.2, 0.25) is 11.9 Å². The number of ether oxygens (including phenoxy) is 1. The van der Waals surface area contributed by atoms with Crippen LogP contribution >= 0.6 is 0 Å². The monoisotopic (exact) mass is 465 g/mol. The van der Waals surface area contributed by atoms with E-state index >= 15 is 0 Å². The zero-order valence-corrected chi connectivity index (χ0v) is 21.1. The van der Waals surface area contributed by atoms with Crippen molar-refractivity contribution in [2.45, 2.75) is 90.6 Å². The molecule has 2 aromatic rings. The Labute approximate surface area is 188 Å². The van der Waals surface area contributed by atoms with E-state index in [2.05, 4.69) is 54.1 Å². The van der Waals surface area contributed by atoms with Crippen LogP contribution in [0.25, 0.3) is 11.2 Å². The summed E-state index contributed by atoms with van der Waals surface area (Å²) in [6.07, 6.45) is -0.540. The largest absolute Gasteiger partial charge is 0.407 e. The van der Waals surface area contributed by atoms with Gasteiger partial charge in [0.25, 0.3) is 5.56 Å². The van der Waals surface area contributed by atoms with Crippen LogP contribution < -0.4 is 10.9 Å². The van der Waals surface area contributed by atoms with E-state index in [1.807, 2.05) is 6.92 Å². The van der Waals surface area contributed by atoms with Crippen molar-refractivity contribution in [2.24, 2.45) is 5.92 Å². The number of H-pyrrole nitrogens is 1. The summed E-state index contributed by atoms with van der Waals surface area (Å²) in [5, 5.41) is 13.6. The van der Waals surface area contributed by atoms with Gasteiger partial charge in [0.15, 0.2) is 25.7 Å². The number of anilines is 1. The molecule has 0 saturated carbocycles. The average Bonchev–Trinajstić information content (AvgIpc) is 3.22. The Hall–Kier alpha value is -2.08. The van der Waals surface area contributed by atoms with Gasteiger partial charge >= 0.3 is 0 Å². The first-order chi connectivity index (χ1) is 14.8. The molecule has 0 aromatic carbocycles. The third kappa shape index (κ3) is 4.52. The van der Waals surface area contributed by atoms with Crippen molar-refractivity contribution in [2.75, 3.05) is 5.32 Å². The number of fused-ring (bicyclic) bond motifs is 1. The number of amides is 1. The summed E-state index contributed by atoms with van der Waals surface area (Å²) < 4.78 is 14.4. The Morgan fingerprint density at radius 3 is 2.62 bits per heavy atom. The molecular formula is C21H35N5O5Si. The molecule has 0 unspecified atom stereocenters. The van der Waals surface area contributed by atoms with Gasteiger partial charge in [-0.05, 0) is 24.6 Å². The molecule has 2 aromatic heterocycles. The van der Waals surface area contributed by atoms with E-state index in [1.165, 1.54) is 6.33 Å². The van der Waals surface area contributed by atoms with Gasteiger partial charge in [0.1, 0.15) is 12.2 Å². The molecule has 1 aliphatic heterocycles. The summed E-state index contributed by atoms with van der Waals surface area (Å²) in [5.41, 5.74) is -0.0949. The van der Waals surface area contributed by atoms with E-state index in [0.717, 1.165) is 0 Å². The van der Waals surface area contributed by atoms with E-state index in [9.17, 15) is 14.7 Å². The van der Waals surface area contributed by atoms with E-state index in [4.69, 9.17) is 9.16 Å². The number of hydrogen-bond donors (Lipinski definition) is 3. The minimum Gasteiger partial charge on any atom is -0.407 e. The number of carbonyl (C=O) groups excluding carboxylic acids is 1. The molecule has 11 heteroatoms. The highest BCUT2D eigenvalue weighted by Crippen LogP contribution is 2.42. The van der Waals surface area contributed by atoms with Gasteiger partial charge in [-0.15, -0.1) is 0 Å². The van der Waals surface area contributed by atoms with Crippen molar-refractivity contribution in [1.82, 2.24) is 19.5 Å². The van der Waals surface area contributed by atoms with Gasteiger partial charge in [0, 0.05) is 5.92 Å². The van der Waals surface area contributed by atoms with Crippen LogP contribution in [0.2, 0.25) is 18.1 Å². The highest BCUT2D eigenvalue weighted by atomic mass is 28.4. The number of nitrogens with zero attached hydrogens (tertiary/aromatic N) is 3. The second-order valence-electron chi connectivity index (χ2n) is 10.2. The molecule has 0 aliphatic carbocycles. The molecular weight excluding hydrogens is 430 g/mol. The Morgan fingerprint density at radius 1 is 1.41 bits per heavy atom. The molecule has 1 aliphatic rings. The predicted molar refractivity (Wildman–Crippen MR) is 124 cm³/mol. The van der Waals surface area contributed by atoms with Crippen LogP contribution in [-0.2, 0) is 14.0 Å². The Bertz CT molecular complexity index is 1040. The molecule has 3 heterocycles. The fraction of sp³-hybridized carbons (Fsp3) is 0.714. The van der Waals surface area contributed by atoms with Crippen molar-refractivity contribution in [3.63, 3.8) is 0 Å². The predicted octanol–water partition coefficient (Wildman–Crippen LogP) is 2.77. The number of rotatable bonds is 6. The Morgan fingerprint density at radius 2 is 2.06 bits per heavy atom. The topological polar surface area (TPSA) is 131 Å². The third-order valence-corrected chi connectivity index (χ3v) is 10.9. The molecule has 10 nitrogen and oxygen atoms in total. The van der Waals surface area contributed by atoms with Gasteiger partial charge in [-0.2, -0.15) is 4.98 Å². The first-order valence-corrected chi connectivity index (χ1v) is 14.0. The van der Waals surface area contributed by atoms with Gasteiger partial charge in [-0.25, -0.2) is 4.98 Å². The molecule has 4 atom stereocenters. The molecule has 1 amide bonds. The maximum atomic E-state index is 12.6. The lowest BCUT2D eigenvalue weighted by Crippen LogP contribution is -2.48. The zero-order valence-electron chi connectivity index (χ0n) is 20.1. The van der Waals surface area contributed by atoms with Gasteiger partial charge in [0.05, 0.1) is 12.4 Å². The maximum absolute atomic E-state index is 12.6. The lowest BCUT2D eigenvalue weighted by Gasteiger charge is -2.40. The van der Waals surface area contributed by atoms with Crippen LogP contribution in [0.3, 0.4) is 0 Å². The third-order valence-electron chi connectivity index (χ3n) is 6.42. The van der Waals surface area contributed by atoms with Crippen molar-refractivity contribution in [1.29, 1.82) is 0 Å². The van der Waals surface area contributed by atoms with Gasteiger partial charge in [-0.3, -0.25) is 24.5 Å². The summed E-state index contributed by atoms with van der Waals surface area (Å²) in [7, 11) is -2.25. The summed E-state index contributed by atoms with van der Waals surface area (Å²) >= 11 is 0. The lowest BCUT2D eigenvalue weighted by molar-refractivity contribution is -0.118. The van der Waals surface area contributed by atoms with Crippen LogP contribution in [0.4, 0.5) is 5.95 Å². The Balaban J connectivity index is 2.05. The maximum Gasteiger partial charge on any atom is 0.280 e. The average molecular weight is 466 g/mol. The van der Waals surface area contributed by atoms with E-state index in [0.29, 0.717) is 6.42 Å². The second kappa shape index (κ2) is 8.69. The number of carbonyl (C=O) groups is 1. The normalized spacial score (nSPS) is 24.4. The van der Waals surface area contributed by atoms with Crippen LogP contribution in [0.5, 0.6) is 0 Å². The summed E-state index contributed by atoms with van der Waals surface area (Å²) in [6.45, 7) is 16.1. The van der Waals surface area contributed by atoms with Crippen molar-refractivity contribution >= 4 is 31.3 Å². The minimum atomic E-state index is -2.25. The van der Waals surface area contributed by atoms with Crippen LogP contribution in [0.1, 0.15) is 54.2 Å². The molecule has 0 spiro atoms. The number of hydrogen-bond acceptors (Lipinski definition) is 7. The molecule has 178 valence electrons. The van der Waals surface area contributed by atoms with E-state index < -0.39 is 38.4 Å². The fourth-order valence-corrected chi connectivity index (χ4v) is 4.65. The fourth-order valence-electron chi connectivity index (χ4n) is 3.36. The highest BCUT2D eigenvalue weighted by molar-refractivity contribution is 6.74. The zero-order chi connectivity index (χ0) is 24.0. The molecule has 3 rings (SSSR count). The number of imidazole rings is 1. The van der Waals surface area contributed by atoms with Crippen molar-refractivity contribution < 1.29 is 19.1 Å². The van der Waals surface area contributed by atoms with Crippen LogP contribution in [-0.4, -0.2) is 57.2 Å². The van der Waals surface area contributed by atoms with Crippen molar-refractivity contribution in [3.05, 3.63) is 16.7 Å². The Kier molecular flexibility index (Phi) is 6.67. The van der Waals surface area contributed by atoms with Crippen LogP contribution in [0.15, 0.2) is 11.1 Å². The van der Waals surface area contributed by atoms with Gasteiger partial charge < -0.3 is 14.3 Å². The number of aliphatic hydroxyl groups excluding tert-OH is 1.